The van der Waals surface area contributed by atoms with Crippen LogP contribution in [0.1, 0.15) is 7.43 Å². The Bertz CT molecular complexity index is 85.1. The van der Waals surface area contributed by atoms with Gasteiger partial charge >= 0.3 is 6.16 Å². The smallest absolute Gasteiger partial charge is 0.438 e. The number of methoxy groups -OCH3 is 1. The molecule has 0 aromatic carbocycles. The average molecular weight is 149 g/mol. The van der Waals surface area contributed by atoms with Crippen molar-refractivity contribution in [2.24, 2.45) is 0 Å². The van der Waals surface area contributed by atoms with E-state index < -0.39 is 6.16 Å². The van der Waals surface area contributed by atoms with Gasteiger partial charge in [-0.1, -0.05) is 7.43 Å². The highest BCUT2D eigenvalue weighted by atomic mass is 16.7. The second-order valence-corrected chi connectivity index (χ2v) is 1.41. The van der Waals surface area contributed by atoms with Crippen LogP contribution in [-0.2, 0) is 9.47 Å². The van der Waals surface area contributed by atoms with E-state index in [2.05, 4.69) is 14.8 Å². The highest BCUT2D eigenvalue weighted by Gasteiger charge is 1.96. The summed E-state index contributed by atoms with van der Waals surface area (Å²) in [5.41, 5.74) is 0. The topological polar surface area (TPSA) is 47.6 Å². The summed E-state index contributed by atoms with van der Waals surface area (Å²) in [6, 6.07) is 0. The van der Waals surface area contributed by atoms with Crippen LogP contribution < -0.4 is 5.32 Å². The van der Waals surface area contributed by atoms with Gasteiger partial charge in [-0.3, -0.25) is 0 Å². The Hall–Kier alpha value is -0.770. The van der Waals surface area contributed by atoms with Crippen LogP contribution in [0, 0.1) is 0 Å². The Morgan fingerprint density at radius 2 is 2.20 bits per heavy atom. The van der Waals surface area contributed by atoms with Crippen molar-refractivity contribution in [2.75, 3.05) is 27.3 Å². The first-order valence-corrected chi connectivity index (χ1v) is 2.66. The van der Waals surface area contributed by atoms with Crippen LogP contribution in [0.2, 0.25) is 0 Å². The number of ether oxygens (including phenoxy) is 2. The summed E-state index contributed by atoms with van der Waals surface area (Å²) in [5.74, 6) is 0. The summed E-state index contributed by atoms with van der Waals surface area (Å²) >= 11 is 0. The van der Waals surface area contributed by atoms with Crippen LogP contribution in [0.25, 0.3) is 0 Å². The molecule has 0 radical (unpaired) electrons. The third-order valence-corrected chi connectivity index (χ3v) is 0.739. The van der Waals surface area contributed by atoms with Gasteiger partial charge in [-0.25, -0.2) is 4.79 Å². The number of hydrogen-bond donors (Lipinski definition) is 1. The van der Waals surface area contributed by atoms with Crippen molar-refractivity contribution in [1.29, 1.82) is 0 Å². The van der Waals surface area contributed by atoms with E-state index >= 15 is 0 Å². The molecule has 1 N–H and O–H groups in total. The van der Waals surface area contributed by atoms with Crippen LogP contribution in [-0.4, -0.2) is 33.5 Å². The summed E-state index contributed by atoms with van der Waals surface area (Å²) in [6.07, 6.45) is -0.634. The number of carbonyl (C=O) groups is 1. The molecule has 0 aliphatic heterocycles. The molecule has 0 aromatic heterocycles. The molecule has 4 heteroatoms. The van der Waals surface area contributed by atoms with Gasteiger partial charge < -0.3 is 14.8 Å². The normalized spacial score (nSPS) is 7.80. The Kier molecular flexibility index (Phi) is 9.84. The zero-order valence-electron chi connectivity index (χ0n) is 5.64. The molecule has 4 nitrogen and oxygen atoms in total. The van der Waals surface area contributed by atoms with Gasteiger partial charge in [-0.15, -0.1) is 0 Å². The van der Waals surface area contributed by atoms with Gasteiger partial charge in [0.25, 0.3) is 0 Å². The summed E-state index contributed by atoms with van der Waals surface area (Å²) in [7, 11) is 3.06. The van der Waals surface area contributed by atoms with Gasteiger partial charge in [0.05, 0.1) is 7.11 Å². The molecule has 0 amide bonds. The van der Waals surface area contributed by atoms with Crippen molar-refractivity contribution in [2.45, 2.75) is 7.43 Å². The lowest BCUT2D eigenvalue weighted by Gasteiger charge is -2.00. The van der Waals surface area contributed by atoms with Gasteiger partial charge in [0.1, 0.15) is 6.61 Å². The minimum Gasteiger partial charge on any atom is -0.438 e. The molecule has 0 heterocycles. The van der Waals surface area contributed by atoms with Crippen molar-refractivity contribution in [3.63, 3.8) is 0 Å². The molecule has 62 valence electrons. The van der Waals surface area contributed by atoms with E-state index in [4.69, 9.17) is 0 Å². The monoisotopic (exact) mass is 149 g/mol. The lowest BCUT2D eigenvalue weighted by molar-refractivity contribution is 0.0739. The first-order chi connectivity index (χ1) is 4.31. The predicted molar refractivity (Wildman–Crippen MR) is 39.0 cm³/mol. The highest BCUT2D eigenvalue weighted by molar-refractivity contribution is 5.59. The SMILES string of the molecule is C.CNCCOC(=O)OC. The zero-order chi connectivity index (χ0) is 7.11. The van der Waals surface area contributed by atoms with Crippen molar-refractivity contribution < 1.29 is 14.3 Å². The molecule has 0 aliphatic carbocycles. The van der Waals surface area contributed by atoms with E-state index in [1.165, 1.54) is 7.11 Å². The number of rotatable bonds is 3. The van der Waals surface area contributed by atoms with E-state index in [0.29, 0.717) is 13.2 Å². The summed E-state index contributed by atoms with van der Waals surface area (Å²) in [5, 5.41) is 2.81. The average Bonchev–Trinajstić information content (AvgIpc) is 1.89. The Morgan fingerprint density at radius 1 is 1.60 bits per heavy atom. The third-order valence-electron chi connectivity index (χ3n) is 0.739. The van der Waals surface area contributed by atoms with Crippen LogP contribution in [0.4, 0.5) is 4.79 Å². The van der Waals surface area contributed by atoms with Crippen LogP contribution in [0.5, 0.6) is 0 Å². The van der Waals surface area contributed by atoms with Gasteiger partial charge in [0, 0.05) is 6.54 Å². The van der Waals surface area contributed by atoms with E-state index in [9.17, 15) is 4.79 Å². The number of likely N-dealkylation sites (N-methyl/N-ethyl adjacent to an activating group) is 1. The molecule has 0 atom stereocenters. The van der Waals surface area contributed by atoms with Crippen molar-refractivity contribution in [3.8, 4) is 0 Å². The number of carbonyl (C=O) groups excluding carboxylic acids is 1. The maximum absolute atomic E-state index is 10.2. The molecule has 0 aromatic rings. The van der Waals surface area contributed by atoms with E-state index in [-0.39, 0.29) is 7.43 Å². The lowest BCUT2D eigenvalue weighted by atomic mass is 10.7. The summed E-state index contributed by atoms with van der Waals surface area (Å²) in [4.78, 5) is 10.2. The fourth-order valence-corrected chi connectivity index (χ4v) is 0.295. The lowest BCUT2D eigenvalue weighted by Crippen LogP contribution is -2.17. The molecule has 0 saturated heterocycles. The molecule has 0 aliphatic rings. The zero-order valence-corrected chi connectivity index (χ0v) is 5.64. The summed E-state index contributed by atoms with van der Waals surface area (Å²) in [6.45, 7) is 0.998. The molecule has 0 saturated carbocycles. The van der Waals surface area contributed by atoms with Crippen molar-refractivity contribution in [3.05, 3.63) is 0 Å². The first-order valence-electron chi connectivity index (χ1n) is 2.66. The van der Waals surface area contributed by atoms with E-state index in [1.807, 2.05) is 0 Å². The fraction of sp³-hybridized carbons (Fsp3) is 0.833. The second kappa shape index (κ2) is 8.23. The molecule has 0 fully saturated rings. The number of hydrogen-bond acceptors (Lipinski definition) is 4. The molecule has 0 spiro atoms. The highest BCUT2D eigenvalue weighted by Crippen LogP contribution is 1.78. The van der Waals surface area contributed by atoms with Gasteiger partial charge in [-0.05, 0) is 7.05 Å². The maximum atomic E-state index is 10.2. The minimum atomic E-state index is -0.634. The fourth-order valence-electron chi connectivity index (χ4n) is 0.295. The van der Waals surface area contributed by atoms with Gasteiger partial charge in [0.2, 0.25) is 0 Å². The van der Waals surface area contributed by atoms with Crippen LogP contribution in [0.15, 0.2) is 0 Å². The van der Waals surface area contributed by atoms with Gasteiger partial charge in [0.15, 0.2) is 0 Å². The molecule has 0 bridgehead atoms. The van der Waals surface area contributed by atoms with E-state index in [1.54, 1.807) is 7.05 Å². The van der Waals surface area contributed by atoms with Crippen molar-refractivity contribution in [1.82, 2.24) is 5.32 Å². The number of nitrogens with one attached hydrogen (secondary N) is 1. The van der Waals surface area contributed by atoms with Crippen LogP contribution >= 0.6 is 0 Å². The van der Waals surface area contributed by atoms with E-state index in [0.717, 1.165) is 0 Å². The quantitative estimate of drug-likeness (QED) is 0.472. The minimum absolute atomic E-state index is 0. The predicted octanol–water partition coefficient (Wildman–Crippen LogP) is 0.625. The van der Waals surface area contributed by atoms with Gasteiger partial charge in [-0.2, -0.15) is 0 Å². The Labute approximate surface area is 61.5 Å². The van der Waals surface area contributed by atoms with Crippen LogP contribution in [0.3, 0.4) is 0 Å². The third kappa shape index (κ3) is 7.23. The molecular weight excluding hydrogens is 134 g/mol. The molecular formula is C6H15NO3. The summed E-state index contributed by atoms with van der Waals surface area (Å²) < 4.78 is 8.72. The molecule has 0 rings (SSSR count). The Morgan fingerprint density at radius 3 is 2.60 bits per heavy atom. The molecule has 0 unspecified atom stereocenters. The second-order valence-electron chi connectivity index (χ2n) is 1.41. The molecule has 10 heavy (non-hydrogen) atoms. The standard InChI is InChI=1S/C5H11NO3.CH4/c1-6-3-4-9-5(7)8-2;/h6H,3-4H2,1-2H3;1H4. The Balaban J connectivity index is 0. The first kappa shape index (κ1) is 12.0. The largest absolute Gasteiger partial charge is 0.508 e. The maximum Gasteiger partial charge on any atom is 0.508 e. The van der Waals surface area contributed by atoms with Crippen molar-refractivity contribution >= 4 is 6.16 Å².